The highest BCUT2D eigenvalue weighted by Gasteiger charge is 2.26. The van der Waals surface area contributed by atoms with E-state index < -0.39 is 23.3 Å². The van der Waals surface area contributed by atoms with Crippen molar-refractivity contribution in [3.8, 4) is 16.9 Å². The first kappa shape index (κ1) is 24.1. The summed E-state index contributed by atoms with van der Waals surface area (Å²) < 4.78 is 63.3. The molecule has 0 bridgehead atoms. The number of hydrogen-bond donors (Lipinski definition) is 0. The molecule has 4 rings (SSSR count). The summed E-state index contributed by atoms with van der Waals surface area (Å²) in [5.41, 5.74) is 2.50. The molecule has 0 saturated heterocycles. The van der Waals surface area contributed by atoms with E-state index in [9.17, 15) is 17.6 Å². The van der Waals surface area contributed by atoms with Crippen molar-refractivity contribution in [1.29, 1.82) is 0 Å². The molecule has 0 unspecified atom stereocenters. The van der Waals surface area contributed by atoms with Crippen LogP contribution in [0.5, 0.6) is 5.75 Å². The molecule has 34 heavy (non-hydrogen) atoms. The van der Waals surface area contributed by atoms with Crippen LogP contribution in [0.25, 0.3) is 17.2 Å². The molecular weight excluding hydrogens is 440 g/mol. The smallest absolute Gasteiger partial charge is 0.200 e. The maximum Gasteiger partial charge on any atom is 0.200 e. The number of aryl methyl sites for hydroxylation is 1. The van der Waals surface area contributed by atoms with E-state index in [-0.39, 0.29) is 35.3 Å². The molecule has 0 spiro atoms. The third kappa shape index (κ3) is 5.03. The van der Waals surface area contributed by atoms with Crippen molar-refractivity contribution >= 4 is 6.08 Å². The molecule has 3 aromatic rings. The second-order valence-electron chi connectivity index (χ2n) is 8.88. The molecule has 1 fully saturated rings. The summed E-state index contributed by atoms with van der Waals surface area (Å²) in [6, 6.07) is 13.6. The molecule has 5 heteroatoms. The summed E-state index contributed by atoms with van der Waals surface area (Å²) in [5.74, 6) is -3.46. The van der Waals surface area contributed by atoms with Gasteiger partial charge in [0, 0.05) is 11.1 Å². The Morgan fingerprint density at radius 2 is 1.50 bits per heavy atom. The Labute approximate surface area is 198 Å². The van der Waals surface area contributed by atoms with Crippen LogP contribution in [0.2, 0.25) is 0 Å². The van der Waals surface area contributed by atoms with E-state index in [0.29, 0.717) is 24.0 Å². The Balaban J connectivity index is 1.42. The highest BCUT2D eigenvalue weighted by Crippen LogP contribution is 2.39. The Hall–Kier alpha value is -3.08. The zero-order valence-electron chi connectivity index (χ0n) is 19.4. The Morgan fingerprint density at radius 1 is 0.794 bits per heavy atom. The number of hydrogen-bond acceptors (Lipinski definition) is 1. The van der Waals surface area contributed by atoms with Gasteiger partial charge in [-0.15, -0.1) is 0 Å². The number of rotatable bonds is 6. The zero-order valence-corrected chi connectivity index (χ0v) is 19.4. The molecule has 1 saturated carbocycles. The van der Waals surface area contributed by atoms with Crippen molar-refractivity contribution in [1.82, 2.24) is 0 Å². The standard InChI is InChI=1S/C29H28F4O/c1-3-34-25-17-16-24(28(32)29(25)33)21-11-6-19(7-12-21)8-13-22-14-15-23(27(31)26(22)30)20-9-4-18(2)5-10-20/h4-5,8-10,13-17,19,21H,3,6-7,11-12H2,1-2H3/b13-8+. The van der Waals surface area contributed by atoms with Crippen molar-refractivity contribution in [3.05, 3.63) is 94.6 Å². The lowest BCUT2D eigenvalue weighted by atomic mass is 9.78. The fourth-order valence-electron chi connectivity index (χ4n) is 4.64. The Morgan fingerprint density at radius 3 is 2.18 bits per heavy atom. The molecule has 1 nitrogen and oxygen atoms in total. The van der Waals surface area contributed by atoms with Crippen molar-refractivity contribution in [2.75, 3.05) is 6.61 Å². The topological polar surface area (TPSA) is 9.23 Å². The van der Waals surface area contributed by atoms with E-state index in [0.717, 1.165) is 18.4 Å². The van der Waals surface area contributed by atoms with Crippen LogP contribution >= 0.6 is 0 Å². The predicted molar refractivity (Wildman–Crippen MR) is 128 cm³/mol. The van der Waals surface area contributed by atoms with Crippen molar-refractivity contribution in [2.24, 2.45) is 5.92 Å². The lowest BCUT2D eigenvalue weighted by Crippen LogP contribution is -2.14. The minimum atomic E-state index is -0.937. The van der Waals surface area contributed by atoms with Gasteiger partial charge < -0.3 is 4.74 Å². The highest BCUT2D eigenvalue weighted by atomic mass is 19.2. The van der Waals surface area contributed by atoms with Gasteiger partial charge in [-0.1, -0.05) is 60.2 Å². The first-order valence-electron chi connectivity index (χ1n) is 11.7. The van der Waals surface area contributed by atoms with Gasteiger partial charge in [0.1, 0.15) is 0 Å². The third-order valence-corrected chi connectivity index (χ3v) is 6.61. The van der Waals surface area contributed by atoms with Gasteiger partial charge in [0.15, 0.2) is 23.2 Å². The average molecular weight is 469 g/mol. The second-order valence-corrected chi connectivity index (χ2v) is 8.88. The molecule has 0 aromatic heterocycles. The number of benzene rings is 3. The summed E-state index contributed by atoms with van der Waals surface area (Å²) >= 11 is 0. The van der Waals surface area contributed by atoms with Crippen LogP contribution in [0.4, 0.5) is 17.6 Å². The van der Waals surface area contributed by atoms with E-state index in [1.54, 1.807) is 43.3 Å². The first-order valence-corrected chi connectivity index (χ1v) is 11.7. The van der Waals surface area contributed by atoms with Crippen LogP contribution in [0.3, 0.4) is 0 Å². The molecule has 3 aromatic carbocycles. The first-order chi connectivity index (χ1) is 16.4. The van der Waals surface area contributed by atoms with E-state index in [1.165, 1.54) is 6.07 Å². The normalized spacial score (nSPS) is 18.4. The van der Waals surface area contributed by atoms with Crippen LogP contribution in [0.1, 0.15) is 55.2 Å². The molecule has 1 aliphatic rings. The SMILES string of the molecule is CCOc1ccc(C2CCC(/C=C/c3ccc(-c4ccc(C)cc4)c(F)c3F)CC2)c(F)c1F. The van der Waals surface area contributed by atoms with E-state index >= 15 is 0 Å². The quantitative estimate of drug-likeness (QED) is 0.329. The molecule has 1 aliphatic carbocycles. The Bertz CT molecular complexity index is 1180. The molecule has 0 amide bonds. The van der Waals surface area contributed by atoms with Crippen LogP contribution in [0.15, 0.2) is 54.6 Å². The molecule has 0 aliphatic heterocycles. The van der Waals surface area contributed by atoms with Crippen molar-refractivity contribution in [2.45, 2.75) is 45.4 Å². The number of ether oxygens (including phenoxy) is 1. The fourth-order valence-corrected chi connectivity index (χ4v) is 4.64. The van der Waals surface area contributed by atoms with Gasteiger partial charge in [0.25, 0.3) is 0 Å². The van der Waals surface area contributed by atoms with Gasteiger partial charge >= 0.3 is 0 Å². The minimum absolute atomic E-state index is 0.0666. The lowest BCUT2D eigenvalue weighted by Gasteiger charge is -2.27. The molecule has 0 N–H and O–H groups in total. The van der Waals surface area contributed by atoms with Crippen molar-refractivity contribution < 1.29 is 22.3 Å². The van der Waals surface area contributed by atoms with Crippen molar-refractivity contribution in [3.63, 3.8) is 0 Å². The van der Waals surface area contributed by atoms with Crippen LogP contribution in [-0.4, -0.2) is 6.61 Å². The van der Waals surface area contributed by atoms with Crippen LogP contribution in [0, 0.1) is 36.1 Å². The second kappa shape index (κ2) is 10.5. The van der Waals surface area contributed by atoms with Gasteiger partial charge in [0.2, 0.25) is 5.82 Å². The molecule has 0 atom stereocenters. The predicted octanol–water partition coefficient (Wildman–Crippen LogP) is 8.60. The van der Waals surface area contributed by atoms with E-state index in [4.69, 9.17) is 4.74 Å². The fraction of sp³-hybridized carbons (Fsp3) is 0.310. The molecule has 178 valence electrons. The minimum Gasteiger partial charge on any atom is -0.491 e. The van der Waals surface area contributed by atoms with Gasteiger partial charge in [-0.3, -0.25) is 0 Å². The van der Waals surface area contributed by atoms with Gasteiger partial charge in [-0.05, 0) is 68.6 Å². The molecule has 0 heterocycles. The zero-order chi connectivity index (χ0) is 24.2. The summed E-state index contributed by atoms with van der Waals surface area (Å²) in [6.07, 6.45) is 6.45. The van der Waals surface area contributed by atoms with E-state index in [1.807, 2.05) is 25.1 Å². The Kier molecular flexibility index (Phi) is 7.40. The van der Waals surface area contributed by atoms with Gasteiger partial charge in [-0.25, -0.2) is 13.2 Å². The summed E-state index contributed by atoms with van der Waals surface area (Å²) in [7, 11) is 0. The van der Waals surface area contributed by atoms with Crippen LogP contribution in [-0.2, 0) is 0 Å². The number of halogens is 4. The van der Waals surface area contributed by atoms with Gasteiger partial charge in [0.05, 0.1) is 6.61 Å². The monoisotopic (exact) mass is 468 g/mol. The third-order valence-electron chi connectivity index (χ3n) is 6.61. The highest BCUT2D eigenvalue weighted by molar-refractivity contribution is 5.67. The molecule has 0 radical (unpaired) electrons. The van der Waals surface area contributed by atoms with Crippen LogP contribution < -0.4 is 4.74 Å². The van der Waals surface area contributed by atoms with E-state index in [2.05, 4.69) is 0 Å². The average Bonchev–Trinajstić information content (AvgIpc) is 2.84. The lowest BCUT2D eigenvalue weighted by molar-refractivity contribution is 0.310. The maximum absolute atomic E-state index is 14.7. The number of allylic oxidation sites excluding steroid dienone is 1. The summed E-state index contributed by atoms with van der Waals surface area (Å²) in [6.45, 7) is 3.93. The maximum atomic E-state index is 14.7. The largest absolute Gasteiger partial charge is 0.491 e. The summed E-state index contributed by atoms with van der Waals surface area (Å²) in [5, 5.41) is 0. The summed E-state index contributed by atoms with van der Waals surface area (Å²) in [4.78, 5) is 0. The molecular formula is C29H28F4O. The van der Waals surface area contributed by atoms with Gasteiger partial charge in [-0.2, -0.15) is 4.39 Å².